The number of halogens is 5. The quantitative estimate of drug-likeness (QED) is 0.756. The maximum Gasteiger partial charge on any atom is 0.433 e. The highest BCUT2D eigenvalue weighted by molar-refractivity contribution is 6.30. The van der Waals surface area contributed by atoms with Gasteiger partial charge < -0.3 is 0 Å². The molecule has 4 nitrogen and oxygen atoms in total. The minimum absolute atomic E-state index is 0.107. The van der Waals surface area contributed by atoms with E-state index in [0.717, 1.165) is 10.7 Å². The number of hydrogen-bond donors (Lipinski definition) is 0. The Kier molecular flexibility index (Phi) is 2.96. The first kappa shape index (κ1) is 12.1. The van der Waals surface area contributed by atoms with Gasteiger partial charge in [0.1, 0.15) is 0 Å². The van der Waals surface area contributed by atoms with Gasteiger partial charge in [-0.15, -0.1) is 0 Å². The van der Waals surface area contributed by atoms with Gasteiger partial charge in [0.25, 0.3) is 0 Å². The van der Waals surface area contributed by atoms with Gasteiger partial charge in [-0.1, -0.05) is 11.6 Å². The number of hydrogen-bond acceptors (Lipinski definition) is 3. The summed E-state index contributed by atoms with van der Waals surface area (Å²) >= 11 is 11.0. The molecule has 2 rings (SSSR count). The van der Waals surface area contributed by atoms with Crippen LogP contribution in [0.5, 0.6) is 0 Å². The van der Waals surface area contributed by atoms with E-state index in [-0.39, 0.29) is 10.8 Å². The highest BCUT2D eigenvalue weighted by atomic mass is 35.5. The van der Waals surface area contributed by atoms with Crippen LogP contribution >= 0.6 is 23.2 Å². The van der Waals surface area contributed by atoms with Crippen LogP contribution in [-0.4, -0.2) is 19.7 Å². The molecule has 2 aromatic rings. The molecule has 0 radical (unpaired) electrons. The van der Waals surface area contributed by atoms with Gasteiger partial charge in [0, 0.05) is 6.07 Å². The van der Waals surface area contributed by atoms with Crippen molar-refractivity contribution in [2.45, 2.75) is 6.18 Å². The number of rotatable bonds is 1. The monoisotopic (exact) mass is 282 g/mol. The van der Waals surface area contributed by atoms with Gasteiger partial charge in [-0.3, -0.25) is 0 Å². The molecule has 2 heterocycles. The molecule has 90 valence electrons. The van der Waals surface area contributed by atoms with Crippen LogP contribution in [0.1, 0.15) is 5.69 Å². The summed E-state index contributed by atoms with van der Waals surface area (Å²) in [6.07, 6.45) is -2.02. The first-order valence-electron chi connectivity index (χ1n) is 4.18. The summed E-state index contributed by atoms with van der Waals surface area (Å²) in [4.78, 5) is 6.72. The molecular weight excluding hydrogens is 280 g/mol. The molecule has 0 N–H and O–H groups in total. The number of alkyl halides is 3. The highest BCUT2D eigenvalue weighted by Gasteiger charge is 2.33. The zero-order valence-electron chi connectivity index (χ0n) is 7.91. The van der Waals surface area contributed by atoms with E-state index < -0.39 is 17.2 Å². The Labute approximate surface area is 103 Å². The smallest absolute Gasteiger partial charge is 0.221 e. The lowest BCUT2D eigenvalue weighted by molar-refractivity contribution is -0.141. The van der Waals surface area contributed by atoms with Gasteiger partial charge in [0.2, 0.25) is 5.28 Å². The number of nitrogens with zero attached hydrogens (tertiary/aromatic N) is 4. The Morgan fingerprint density at radius 1 is 1.18 bits per heavy atom. The van der Waals surface area contributed by atoms with Crippen LogP contribution in [0.4, 0.5) is 13.2 Å². The molecule has 0 bridgehead atoms. The summed E-state index contributed by atoms with van der Waals surface area (Å²) in [5.74, 6) is -0.107. The molecule has 0 saturated heterocycles. The highest BCUT2D eigenvalue weighted by Crippen LogP contribution is 2.29. The fourth-order valence-electron chi connectivity index (χ4n) is 1.09. The van der Waals surface area contributed by atoms with E-state index in [0.29, 0.717) is 0 Å². The topological polar surface area (TPSA) is 43.6 Å². The fraction of sp³-hybridized carbons (Fsp3) is 0.125. The zero-order valence-corrected chi connectivity index (χ0v) is 9.42. The predicted octanol–water partition coefficient (Wildman–Crippen LogP) is 2.99. The van der Waals surface area contributed by atoms with E-state index in [1.807, 2.05) is 0 Å². The van der Waals surface area contributed by atoms with Crippen molar-refractivity contribution in [1.82, 2.24) is 19.7 Å². The van der Waals surface area contributed by atoms with E-state index in [1.165, 1.54) is 12.4 Å². The van der Waals surface area contributed by atoms with Crippen molar-refractivity contribution in [2.75, 3.05) is 0 Å². The molecule has 0 unspecified atom stereocenters. The molecule has 0 atom stereocenters. The lowest BCUT2D eigenvalue weighted by atomic mass is 10.4. The Morgan fingerprint density at radius 2 is 1.88 bits per heavy atom. The Balaban J connectivity index is 2.52. The Hall–Kier alpha value is -1.34. The molecule has 0 aromatic carbocycles. The van der Waals surface area contributed by atoms with Gasteiger partial charge in [0.05, 0.1) is 17.4 Å². The first-order valence-corrected chi connectivity index (χ1v) is 4.94. The molecule has 0 spiro atoms. The molecule has 2 aromatic heterocycles. The van der Waals surface area contributed by atoms with Crippen LogP contribution in [0, 0.1) is 0 Å². The van der Waals surface area contributed by atoms with Gasteiger partial charge in [-0.25, -0.2) is 9.67 Å². The lowest BCUT2D eigenvalue weighted by Crippen LogP contribution is -2.11. The van der Waals surface area contributed by atoms with Crippen molar-refractivity contribution in [3.63, 3.8) is 0 Å². The van der Waals surface area contributed by atoms with E-state index in [1.54, 1.807) is 0 Å². The Bertz CT molecular complexity index is 552. The summed E-state index contributed by atoms with van der Waals surface area (Å²) in [5, 5.41) is 3.48. The van der Waals surface area contributed by atoms with Crippen molar-refractivity contribution in [1.29, 1.82) is 0 Å². The van der Waals surface area contributed by atoms with Crippen LogP contribution in [0.15, 0.2) is 18.5 Å². The minimum atomic E-state index is -4.60. The van der Waals surface area contributed by atoms with Crippen LogP contribution in [0.3, 0.4) is 0 Å². The second-order valence-electron chi connectivity index (χ2n) is 2.98. The molecule has 9 heteroatoms. The van der Waals surface area contributed by atoms with Crippen LogP contribution < -0.4 is 0 Å². The van der Waals surface area contributed by atoms with Crippen LogP contribution in [0.2, 0.25) is 10.3 Å². The van der Waals surface area contributed by atoms with E-state index in [9.17, 15) is 13.2 Å². The zero-order chi connectivity index (χ0) is 12.6. The third-order valence-electron chi connectivity index (χ3n) is 1.76. The van der Waals surface area contributed by atoms with Crippen LogP contribution in [-0.2, 0) is 6.18 Å². The molecule has 0 saturated carbocycles. The molecule has 0 aliphatic heterocycles. The lowest BCUT2D eigenvalue weighted by Gasteiger charge is -2.07. The summed E-state index contributed by atoms with van der Waals surface area (Å²) in [7, 11) is 0. The first-order chi connectivity index (χ1) is 7.86. The molecule has 0 fully saturated rings. The molecule has 0 amide bonds. The average molecular weight is 283 g/mol. The summed E-state index contributed by atoms with van der Waals surface area (Å²) in [6, 6.07) is 0.731. The maximum absolute atomic E-state index is 12.5. The van der Waals surface area contributed by atoms with Crippen molar-refractivity contribution in [3.05, 3.63) is 34.5 Å². The summed E-state index contributed by atoms with van der Waals surface area (Å²) in [6.45, 7) is 0. The SMILES string of the molecule is FC(F)(F)c1cc(-n2cc(Cl)cn2)nc(Cl)n1. The normalized spacial score (nSPS) is 11.8. The van der Waals surface area contributed by atoms with Gasteiger partial charge >= 0.3 is 6.18 Å². The fourth-order valence-corrected chi connectivity index (χ4v) is 1.41. The van der Waals surface area contributed by atoms with E-state index >= 15 is 0 Å². The standard InChI is InChI=1S/C8H3Cl2F3N4/c9-4-2-14-17(3-4)6-1-5(8(11,12)13)15-7(10)16-6/h1-3H. The minimum Gasteiger partial charge on any atom is -0.221 e. The average Bonchev–Trinajstić information content (AvgIpc) is 2.62. The van der Waals surface area contributed by atoms with Crippen molar-refractivity contribution in [2.24, 2.45) is 0 Å². The Morgan fingerprint density at radius 3 is 2.41 bits per heavy atom. The molecule has 0 aliphatic carbocycles. The summed E-state index contributed by atoms with van der Waals surface area (Å²) in [5.41, 5.74) is -1.14. The molecule has 17 heavy (non-hydrogen) atoms. The van der Waals surface area contributed by atoms with Crippen molar-refractivity contribution < 1.29 is 13.2 Å². The van der Waals surface area contributed by atoms with Gasteiger partial charge in [-0.05, 0) is 11.6 Å². The van der Waals surface area contributed by atoms with E-state index in [2.05, 4.69) is 15.1 Å². The molecule has 0 aliphatic rings. The second-order valence-corrected chi connectivity index (χ2v) is 3.76. The van der Waals surface area contributed by atoms with Crippen molar-refractivity contribution in [3.8, 4) is 5.82 Å². The number of aromatic nitrogens is 4. The summed E-state index contributed by atoms with van der Waals surface area (Å²) < 4.78 is 38.5. The van der Waals surface area contributed by atoms with Gasteiger partial charge in [0.15, 0.2) is 11.5 Å². The van der Waals surface area contributed by atoms with E-state index in [4.69, 9.17) is 23.2 Å². The second kappa shape index (κ2) is 4.15. The third-order valence-corrected chi connectivity index (χ3v) is 2.13. The van der Waals surface area contributed by atoms with Gasteiger partial charge in [-0.2, -0.15) is 23.3 Å². The maximum atomic E-state index is 12.5. The van der Waals surface area contributed by atoms with Crippen LogP contribution in [0.25, 0.3) is 5.82 Å². The molecular formula is C8H3Cl2F3N4. The third kappa shape index (κ3) is 2.67. The largest absolute Gasteiger partial charge is 0.433 e. The predicted molar refractivity (Wildman–Crippen MR) is 54.2 cm³/mol. The van der Waals surface area contributed by atoms with Crippen molar-refractivity contribution >= 4 is 23.2 Å².